The number of thioether (sulfide) groups is 1. The van der Waals surface area contributed by atoms with Gasteiger partial charge in [-0.15, -0.1) is 11.8 Å². The Morgan fingerprint density at radius 2 is 2.06 bits per heavy atom. The summed E-state index contributed by atoms with van der Waals surface area (Å²) >= 11 is 5.17. The number of carbonyl (C=O) groups is 3. The molecule has 0 spiro atoms. The zero-order chi connectivity index (χ0) is 22.5. The number of amides is 3. The summed E-state index contributed by atoms with van der Waals surface area (Å²) in [6.07, 6.45) is 8.54. The van der Waals surface area contributed by atoms with Crippen LogP contribution in [0, 0.1) is 0 Å². The number of nitrogens with zero attached hydrogens (tertiary/aromatic N) is 2. The Morgan fingerprint density at radius 1 is 1.22 bits per heavy atom. The number of hydrogen-bond acceptors (Lipinski definition) is 4. The second-order valence-electron chi connectivity index (χ2n) is 8.69. The van der Waals surface area contributed by atoms with Gasteiger partial charge in [-0.3, -0.25) is 14.4 Å². The summed E-state index contributed by atoms with van der Waals surface area (Å²) in [6, 6.07) is 8.02. The Kier molecular flexibility index (Phi) is 7.94. The summed E-state index contributed by atoms with van der Waals surface area (Å²) in [7, 11) is 0. The number of likely N-dealkylation sites (tertiary alicyclic amines) is 1. The lowest BCUT2D eigenvalue weighted by Crippen LogP contribution is -2.54. The zero-order valence-electron chi connectivity index (χ0n) is 18.2. The third kappa shape index (κ3) is 5.76. The highest BCUT2D eigenvalue weighted by Gasteiger charge is 2.41. The maximum Gasteiger partial charge on any atom is 0.261 e. The number of hydrogen-bond donors (Lipinski definition) is 1. The highest BCUT2D eigenvalue weighted by atomic mass is 79.9. The number of carbonyl (C=O) groups excluding carboxylic acids is 3. The van der Waals surface area contributed by atoms with Gasteiger partial charge in [-0.2, -0.15) is 0 Å². The first-order valence-electron chi connectivity index (χ1n) is 11.5. The molecule has 1 saturated carbocycles. The SMILES string of the molecule is O=C(CN1C(=O)/C(=C\c2cccc(Br)c2)SC2CCCCC21)NCCCN1CCCC1=O. The largest absolute Gasteiger partial charge is 0.354 e. The van der Waals surface area contributed by atoms with Crippen molar-refractivity contribution in [2.24, 2.45) is 0 Å². The molecule has 1 N–H and O–H groups in total. The second kappa shape index (κ2) is 10.9. The number of fused-ring (bicyclic) bond motifs is 1. The van der Waals surface area contributed by atoms with Crippen molar-refractivity contribution < 1.29 is 14.4 Å². The van der Waals surface area contributed by atoms with Crippen molar-refractivity contribution in [3.8, 4) is 0 Å². The standard InChI is InChI=1S/C24H30BrN3O3S/c25-18-7-3-6-17(14-18)15-21-24(31)28(19-8-1-2-9-20(19)32-21)16-22(29)26-11-5-13-27-12-4-10-23(27)30/h3,6-7,14-15,19-20H,1-2,4-5,8-13,16H2,(H,26,29)/b21-15+. The molecule has 1 aliphatic carbocycles. The minimum atomic E-state index is -0.121. The van der Waals surface area contributed by atoms with Crippen LogP contribution in [-0.4, -0.2) is 65.0 Å². The topological polar surface area (TPSA) is 69.7 Å². The second-order valence-corrected chi connectivity index (χ2v) is 10.9. The lowest BCUT2D eigenvalue weighted by atomic mass is 9.93. The predicted octanol–water partition coefficient (Wildman–Crippen LogP) is 3.81. The van der Waals surface area contributed by atoms with Crippen LogP contribution >= 0.6 is 27.7 Å². The molecule has 8 heteroatoms. The van der Waals surface area contributed by atoms with Crippen LogP contribution in [0.25, 0.3) is 6.08 Å². The summed E-state index contributed by atoms with van der Waals surface area (Å²) in [5, 5.41) is 3.30. The highest BCUT2D eigenvalue weighted by molar-refractivity contribution is 9.10. The minimum absolute atomic E-state index is 0.0454. The van der Waals surface area contributed by atoms with E-state index in [-0.39, 0.29) is 30.3 Å². The first-order chi connectivity index (χ1) is 15.5. The Bertz CT molecular complexity index is 906. The van der Waals surface area contributed by atoms with Crippen LogP contribution < -0.4 is 5.32 Å². The van der Waals surface area contributed by atoms with Gasteiger partial charge < -0.3 is 15.1 Å². The average molecular weight is 520 g/mol. The third-order valence-corrected chi connectivity index (χ3v) is 8.27. The van der Waals surface area contributed by atoms with Crippen molar-refractivity contribution in [3.63, 3.8) is 0 Å². The van der Waals surface area contributed by atoms with Crippen molar-refractivity contribution in [2.45, 2.75) is 56.2 Å². The molecule has 0 bridgehead atoms. The van der Waals surface area contributed by atoms with Crippen molar-refractivity contribution in [3.05, 3.63) is 39.2 Å². The summed E-state index contributed by atoms with van der Waals surface area (Å²) in [6.45, 7) is 2.12. The van der Waals surface area contributed by atoms with E-state index in [1.165, 1.54) is 6.42 Å². The molecule has 6 nitrogen and oxygen atoms in total. The van der Waals surface area contributed by atoms with Gasteiger partial charge in [-0.25, -0.2) is 0 Å². The summed E-state index contributed by atoms with van der Waals surface area (Å²) in [5.41, 5.74) is 0.977. The van der Waals surface area contributed by atoms with Crippen molar-refractivity contribution in [2.75, 3.05) is 26.2 Å². The minimum Gasteiger partial charge on any atom is -0.354 e. The number of nitrogens with one attached hydrogen (secondary N) is 1. The molecule has 1 aromatic carbocycles. The van der Waals surface area contributed by atoms with Gasteiger partial charge in [0.2, 0.25) is 11.8 Å². The molecule has 2 unspecified atom stereocenters. The quantitative estimate of drug-likeness (QED) is 0.439. The van der Waals surface area contributed by atoms with Crippen LogP contribution in [0.1, 0.15) is 50.5 Å². The summed E-state index contributed by atoms with van der Waals surface area (Å²) in [5.74, 6) is 0.0425. The number of halogens is 1. The predicted molar refractivity (Wildman–Crippen MR) is 131 cm³/mol. The van der Waals surface area contributed by atoms with Crippen LogP contribution in [-0.2, 0) is 14.4 Å². The van der Waals surface area contributed by atoms with Crippen LogP contribution in [0.15, 0.2) is 33.6 Å². The van der Waals surface area contributed by atoms with E-state index < -0.39 is 0 Å². The fourth-order valence-corrected chi connectivity index (χ4v) is 6.65. The van der Waals surface area contributed by atoms with Gasteiger partial charge in [-0.1, -0.05) is 40.9 Å². The van der Waals surface area contributed by atoms with Crippen LogP contribution in [0.3, 0.4) is 0 Å². The number of rotatable bonds is 7. The van der Waals surface area contributed by atoms with Gasteiger partial charge in [0.05, 0.1) is 4.91 Å². The molecule has 2 aliphatic heterocycles. The molecule has 3 amide bonds. The van der Waals surface area contributed by atoms with E-state index in [2.05, 4.69) is 21.2 Å². The van der Waals surface area contributed by atoms with E-state index in [0.717, 1.165) is 48.7 Å². The van der Waals surface area contributed by atoms with E-state index in [9.17, 15) is 14.4 Å². The molecule has 2 heterocycles. The Morgan fingerprint density at radius 3 is 2.84 bits per heavy atom. The summed E-state index contributed by atoms with van der Waals surface area (Å²) < 4.78 is 0.975. The van der Waals surface area contributed by atoms with E-state index in [1.54, 1.807) is 16.7 Å². The molecule has 2 atom stereocenters. The van der Waals surface area contributed by atoms with E-state index >= 15 is 0 Å². The van der Waals surface area contributed by atoms with Gasteiger partial charge in [0.25, 0.3) is 5.91 Å². The molecule has 0 radical (unpaired) electrons. The summed E-state index contributed by atoms with van der Waals surface area (Å²) in [4.78, 5) is 42.1. The molecule has 32 heavy (non-hydrogen) atoms. The Balaban J connectivity index is 1.38. The van der Waals surface area contributed by atoms with Gasteiger partial charge >= 0.3 is 0 Å². The smallest absolute Gasteiger partial charge is 0.261 e. The van der Waals surface area contributed by atoms with Crippen molar-refractivity contribution in [1.29, 1.82) is 0 Å². The third-order valence-electron chi connectivity index (χ3n) is 6.38. The molecular weight excluding hydrogens is 490 g/mol. The van der Waals surface area contributed by atoms with Gasteiger partial charge in [-0.05, 0) is 49.5 Å². The first kappa shape index (κ1) is 23.4. The lowest BCUT2D eigenvalue weighted by molar-refractivity contribution is -0.135. The molecule has 172 valence electrons. The fraction of sp³-hybridized carbons (Fsp3) is 0.542. The molecule has 3 aliphatic rings. The number of benzene rings is 1. The zero-order valence-corrected chi connectivity index (χ0v) is 20.6. The maximum atomic E-state index is 13.3. The Hall–Kier alpha value is -1.80. The van der Waals surface area contributed by atoms with Gasteiger partial charge in [0.1, 0.15) is 6.54 Å². The van der Waals surface area contributed by atoms with Gasteiger partial charge in [0, 0.05) is 41.8 Å². The highest BCUT2D eigenvalue weighted by Crippen LogP contribution is 2.42. The Labute approximate surface area is 202 Å². The fourth-order valence-electron chi connectivity index (χ4n) is 4.76. The van der Waals surface area contributed by atoms with Gasteiger partial charge in [0.15, 0.2) is 0 Å². The molecule has 0 aromatic heterocycles. The van der Waals surface area contributed by atoms with Crippen LogP contribution in [0.5, 0.6) is 0 Å². The van der Waals surface area contributed by atoms with E-state index in [1.807, 2.05) is 35.2 Å². The average Bonchev–Trinajstić information content (AvgIpc) is 3.19. The van der Waals surface area contributed by atoms with E-state index in [0.29, 0.717) is 29.7 Å². The molecule has 2 saturated heterocycles. The lowest BCUT2D eigenvalue weighted by Gasteiger charge is -2.43. The molecule has 3 fully saturated rings. The normalized spacial score (nSPS) is 24.7. The van der Waals surface area contributed by atoms with Crippen LogP contribution in [0.2, 0.25) is 0 Å². The monoisotopic (exact) mass is 519 g/mol. The molecule has 1 aromatic rings. The van der Waals surface area contributed by atoms with Crippen molar-refractivity contribution >= 4 is 51.5 Å². The maximum absolute atomic E-state index is 13.3. The first-order valence-corrected chi connectivity index (χ1v) is 13.2. The van der Waals surface area contributed by atoms with Crippen LogP contribution in [0.4, 0.5) is 0 Å². The van der Waals surface area contributed by atoms with Crippen molar-refractivity contribution in [1.82, 2.24) is 15.1 Å². The molecular formula is C24H30BrN3O3S. The van der Waals surface area contributed by atoms with E-state index in [4.69, 9.17) is 0 Å². The molecule has 4 rings (SSSR count).